The average molecular weight is 350 g/mol. The number of carbonyl (C=O) groups excluding carboxylic acids is 2. The SMILES string of the molecule is CCOC(=O)N1CCN(C(=O)c2ccc(NCCCOC)nc2)CC1. The summed E-state index contributed by atoms with van der Waals surface area (Å²) in [5, 5.41) is 3.18. The maximum absolute atomic E-state index is 12.5. The van der Waals surface area contributed by atoms with Crippen LogP contribution < -0.4 is 5.32 Å². The summed E-state index contributed by atoms with van der Waals surface area (Å²) in [6.45, 7) is 5.55. The molecule has 1 N–H and O–H groups in total. The van der Waals surface area contributed by atoms with Crippen molar-refractivity contribution in [2.45, 2.75) is 13.3 Å². The highest BCUT2D eigenvalue weighted by molar-refractivity contribution is 5.94. The number of anilines is 1. The Morgan fingerprint density at radius 2 is 1.92 bits per heavy atom. The van der Waals surface area contributed by atoms with Crippen LogP contribution in [0.1, 0.15) is 23.7 Å². The highest BCUT2D eigenvalue weighted by Gasteiger charge is 2.25. The summed E-state index contributed by atoms with van der Waals surface area (Å²) in [5.74, 6) is 0.668. The molecule has 1 fully saturated rings. The van der Waals surface area contributed by atoms with Crippen molar-refractivity contribution in [3.8, 4) is 0 Å². The van der Waals surface area contributed by atoms with Gasteiger partial charge in [-0.15, -0.1) is 0 Å². The van der Waals surface area contributed by atoms with Gasteiger partial charge in [0.2, 0.25) is 0 Å². The molecule has 1 aliphatic heterocycles. The molecule has 1 saturated heterocycles. The summed E-state index contributed by atoms with van der Waals surface area (Å²) in [4.78, 5) is 31.8. The van der Waals surface area contributed by atoms with Gasteiger partial charge in [0, 0.05) is 52.6 Å². The quantitative estimate of drug-likeness (QED) is 0.749. The molecule has 0 spiro atoms. The fourth-order valence-electron chi connectivity index (χ4n) is 2.55. The predicted octanol–water partition coefficient (Wildman–Crippen LogP) is 1.44. The highest BCUT2D eigenvalue weighted by Crippen LogP contribution is 2.11. The van der Waals surface area contributed by atoms with E-state index in [9.17, 15) is 9.59 Å². The first-order chi connectivity index (χ1) is 12.2. The van der Waals surface area contributed by atoms with Gasteiger partial charge in [-0.25, -0.2) is 9.78 Å². The second-order valence-corrected chi connectivity index (χ2v) is 5.68. The normalized spacial score (nSPS) is 14.3. The molecule has 1 aliphatic rings. The van der Waals surface area contributed by atoms with Crippen LogP contribution in [0.5, 0.6) is 0 Å². The Morgan fingerprint density at radius 1 is 1.20 bits per heavy atom. The molecular formula is C17H26N4O4. The molecular weight excluding hydrogens is 324 g/mol. The minimum Gasteiger partial charge on any atom is -0.450 e. The van der Waals surface area contributed by atoms with Crippen molar-refractivity contribution in [1.82, 2.24) is 14.8 Å². The van der Waals surface area contributed by atoms with Crippen molar-refractivity contribution in [2.75, 3.05) is 58.4 Å². The van der Waals surface area contributed by atoms with Gasteiger partial charge >= 0.3 is 6.09 Å². The third kappa shape index (κ3) is 5.60. The van der Waals surface area contributed by atoms with E-state index in [-0.39, 0.29) is 12.0 Å². The van der Waals surface area contributed by atoms with E-state index in [2.05, 4.69) is 10.3 Å². The second-order valence-electron chi connectivity index (χ2n) is 5.68. The minimum atomic E-state index is -0.319. The van der Waals surface area contributed by atoms with E-state index in [0.717, 1.165) is 18.8 Å². The third-order valence-electron chi connectivity index (χ3n) is 3.93. The van der Waals surface area contributed by atoms with Crippen molar-refractivity contribution in [2.24, 2.45) is 0 Å². The smallest absolute Gasteiger partial charge is 0.409 e. The number of methoxy groups -OCH3 is 1. The first kappa shape index (κ1) is 19.0. The molecule has 0 radical (unpaired) electrons. The van der Waals surface area contributed by atoms with Crippen LogP contribution in [-0.4, -0.2) is 79.8 Å². The summed E-state index contributed by atoms with van der Waals surface area (Å²) in [5.41, 5.74) is 0.548. The largest absolute Gasteiger partial charge is 0.450 e. The van der Waals surface area contributed by atoms with Gasteiger partial charge in [0.05, 0.1) is 12.2 Å². The second kappa shape index (κ2) is 9.83. The molecule has 8 heteroatoms. The molecule has 0 aliphatic carbocycles. The van der Waals surface area contributed by atoms with Gasteiger partial charge in [0.15, 0.2) is 0 Å². The standard InChI is InChI=1S/C17H26N4O4/c1-3-25-17(23)21-10-8-20(9-11-21)16(22)14-5-6-15(19-13-14)18-7-4-12-24-2/h5-6,13H,3-4,7-12H2,1-2H3,(H,18,19). The molecule has 1 aromatic rings. The molecule has 2 rings (SSSR count). The molecule has 25 heavy (non-hydrogen) atoms. The van der Waals surface area contributed by atoms with E-state index in [1.54, 1.807) is 42.2 Å². The number of rotatable bonds is 7. The van der Waals surface area contributed by atoms with Crippen molar-refractivity contribution < 1.29 is 19.1 Å². The summed E-state index contributed by atoms with van der Waals surface area (Å²) >= 11 is 0. The lowest BCUT2D eigenvalue weighted by atomic mass is 10.2. The highest BCUT2D eigenvalue weighted by atomic mass is 16.6. The number of nitrogens with zero attached hydrogens (tertiary/aromatic N) is 3. The van der Waals surface area contributed by atoms with Crippen LogP contribution in [0.3, 0.4) is 0 Å². The minimum absolute atomic E-state index is 0.0676. The topological polar surface area (TPSA) is 84.0 Å². The predicted molar refractivity (Wildman–Crippen MR) is 93.7 cm³/mol. The fourth-order valence-corrected chi connectivity index (χ4v) is 2.55. The molecule has 0 saturated carbocycles. The lowest BCUT2D eigenvalue weighted by molar-refractivity contribution is 0.0570. The summed E-state index contributed by atoms with van der Waals surface area (Å²) < 4.78 is 9.97. The maximum atomic E-state index is 12.5. The zero-order valence-corrected chi connectivity index (χ0v) is 14.9. The van der Waals surface area contributed by atoms with Gasteiger partial charge in [0.1, 0.15) is 5.82 Å². The van der Waals surface area contributed by atoms with Crippen molar-refractivity contribution >= 4 is 17.8 Å². The number of nitrogens with one attached hydrogen (secondary N) is 1. The Hall–Kier alpha value is -2.35. The number of ether oxygens (including phenoxy) is 2. The number of pyridine rings is 1. The first-order valence-electron chi connectivity index (χ1n) is 8.55. The van der Waals surface area contributed by atoms with Crippen LogP contribution in [0.2, 0.25) is 0 Å². The van der Waals surface area contributed by atoms with E-state index in [1.165, 1.54) is 0 Å². The van der Waals surface area contributed by atoms with Crippen LogP contribution in [0, 0.1) is 0 Å². The molecule has 2 amide bonds. The number of carbonyl (C=O) groups is 2. The van der Waals surface area contributed by atoms with E-state index < -0.39 is 0 Å². The molecule has 1 aromatic heterocycles. The Kier molecular flexibility index (Phi) is 7.46. The maximum Gasteiger partial charge on any atom is 0.409 e. The molecule has 138 valence electrons. The number of piperazine rings is 1. The van der Waals surface area contributed by atoms with E-state index in [0.29, 0.717) is 45.0 Å². The molecule has 2 heterocycles. The third-order valence-corrected chi connectivity index (χ3v) is 3.93. The average Bonchev–Trinajstić information content (AvgIpc) is 2.65. The van der Waals surface area contributed by atoms with Crippen molar-refractivity contribution in [3.63, 3.8) is 0 Å². The number of hydrogen-bond acceptors (Lipinski definition) is 6. The number of hydrogen-bond donors (Lipinski definition) is 1. The Balaban J connectivity index is 1.82. The molecule has 0 unspecified atom stereocenters. The number of aromatic nitrogens is 1. The molecule has 0 aromatic carbocycles. The van der Waals surface area contributed by atoms with Crippen molar-refractivity contribution in [1.29, 1.82) is 0 Å². The zero-order chi connectivity index (χ0) is 18.1. The Morgan fingerprint density at radius 3 is 2.52 bits per heavy atom. The summed E-state index contributed by atoms with van der Waals surface area (Å²) in [6.07, 6.45) is 2.16. The number of amides is 2. The van der Waals surface area contributed by atoms with E-state index >= 15 is 0 Å². The van der Waals surface area contributed by atoms with E-state index in [1.807, 2.05) is 0 Å². The van der Waals surface area contributed by atoms with Crippen LogP contribution >= 0.6 is 0 Å². The van der Waals surface area contributed by atoms with E-state index in [4.69, 9.17) is 9.47 Å². The van der Waals surface area contributed by atoms with Crippen LogP contribution in [0.4, 0.5) is 10.6 Å². The van der Waals surface area contributed by atoms with Crippen molar-refractivity contribution in [3.05, 3.63) is 23.9 Å². The van der Waals surface area contributed by atoms with Gasteiger partial charge < -0.3 is 24.6 Å². The first-order valence-corrected chi connectivity index (χ1v) is 8.55. The van der Waals surface area contributed by atoms with Crippen LogP contribution in [0.25, 0.3) is 0 Å². The Bertz CT molecular complexity index is 556. The monoisotopic (exact) mass is 350 g/mol. The molecule has 0 bridgehead atoms. The molecule has 8 nitrogen and oxygen atoms in total. The lowest BCUT2D eigenvalue weighted by Gasteiger charge is -2.34. The zero-order valence-electron chi connectivity index (χ0n) is 14.9. The summed E-state index contributed by atoms with van der Waals surface area (Å²) in [7, 11) is 1.67. The van der Waals surface area contributed by atoms with Gasteiger partial charge in [0.25, 0.3) is 5.91 Å². The van der Waals surface area contributed by atoms with Crippen LogP contribution in [0.15, 0.2) is 18.3 Å². The Labute approximate surface area is 148 Å². The van der Waals surface area contributed by atoms with Gasteiger partial charge in [-0.1, -0.05) is 0 Å². The lowest BCUT2D eigenvalue weighted by Crippen LogP contribution is -2.50. The van der Waals surface area contributed by atoms with Gasteiger partial charge in [-0.2, -0.15) is 0 Å². The fraction of sp³-hybridized carbons (Fsp3) is 0.588. The summed E-state index contributed by atoms with van der Waals surface area (Å²) in [6, 6.07) is 3.57. The molecule has 0 atom stereocenters. The van der Waals surface area contributed by atoms with Gasteiger partial charge in [-0.05, 0) is 25.5 Å². The van der Waals surface area contributed by atoms with Gasteiger partial charge in [-0.3, -0.25) is 4.79 Å². The van der Waals surface area contributed by atoms with Crippen LogP contribution in [-0.2, 0) is 9.47 Å².